The molecule has 2 saturated heterocycles. The number of β-lactam (4-membered cyclic amide) rings is 1. The van der Waals surface area contributed by atoms with Gasteiger partial charge >= 0.3 is 5.97 Å². The number of nitrogens with one attached hydrogen (secondary N) is 1. The summed E-state index contributed by atoms with van der Waals surface area (Å²) in [5.41, 5.74) is 5.41. The standard InChI is InChI=1S/C34H30N8O5S4/c1-20-38-39-32(50-20)49-19-33(30(45)46)17-42-28(44)25(29(42)48-18-33)36-27(43)24(26-37-31(35)51-41-26)40-47-34(21-11-5-2-6-12-21,22-13-7-3-8-14-22)23-15-9-4-10-16-23/h2-16,25,29H,17-19H2,1H3,(H,36,43)(H,45,46)(H2,35,37,41)/t25?,29-,33?/m1/s1. The van der Waals surface area contributed by atoms with Crippen molar-refractivity contribution in [2.45, 2.75) is 28.3 Å². The number of carbonyl (C=O) groups is 3. The molecule has 2 amide bonds. The van der Waals surface area contributed by atoms with Crippen LogP contribution in [0.4, 0.5) is 5.13 Å². The Hall–Kier alpha value is -4.84. The van der Waals surface area contributed by atoms with Gasteiger partial charge in [0.15, 0.2) is 9.47 Å². The van der Waals surface area contributed by atoms with Crippen molar-refractivity contribution in [1.82, 2.24) is 29.8 Å². The van der Waals surface area contributed by atoms with E-state index < -0.39 is 40.2 Å². The van der Waals surface area contributed by atoms with Gasteiger partial charge in [-0.25, -0.2) is 0 Å². The number of carboxylic acids is 1. The third kappa shape index (κ3) is 6.69. The van der Waals surface area contributed by atoms with Gasteiger partial charge in [0.2, 0.25) is 23.0 Å². The Bertz CT molecular complexity index is 1980. The van der Waals surface area contributed by atoms with Gasteiger partial charge in [-0.1, -0.05) is 119 Å². The molecule has 0 bridgehead atoms. The van der Waals surface area contributed by atoms with Gasteiger partial charge in [0.1, 0.15) is 21.8 Å². The van der Waals surface area contributed by atoms with Crippen LogP contribution in [-0.4, -0.2) is 82.5 Å². The third-order valence-corrected chi connectivity index (χ3v) is 12.9. The fourth-order valence-corrected chi connectivity index (χ4v) is 10.1. The number of aromatic nitrogens is 4. The second kappa shape index (κ2) is 14.4. The Morgan fingerprint density at radius 1 is 1.04 bits per heavy atom. The molecule has 2 aromatic heterocycles. The minimum Gasteiger partial charge on any atom is -0.481 e. The van der Waals surface area contributed by atoms with Crippen LogP contribution in [0.3, 0.4) is 0 Å². The maximum absolute atomic E-state index is 14.1. The lowest BCUT2D eigenvalue weighted by atomic mass is 9.80. The van der Waals surface area contributed by atoms with E-state index in [-0.39, 0.29) is 34.7 Å². The first-order chi connectivity index (χ1) is 24.7. The maximum atomic E-state index is 14.1. The summed E-state index contributed by atoms with van der Waals surface area (Å²) < 4.78 is 4.92. The first-order valence-electron chi connectivity index (χ1n) is 15.6. The van der Waals surface area contributed by atoms with E-state index in [1.54, 1.807) is 0 Å². The molecule has 2 aliphatic rings. The number of hydrogen-bond donors (Lipinski definition) is 3. The normalized spacial score (nSPS) is 20.3. The number of thioether (sulfide) groups is 2. The monoisotopic (exact) mass is 758 g/mol. The molecule has 0 spiro atoms. The van der Waals surface area contributed by atoms with E-state index in [1.807, 2.05) is 97.9 Å². The summed E-state index contributed by atoms with van der Waals surface area (Å²) in [6, 6.07) is 27.6. The molecule has 13 nitrogen and oxygen atoms in total. The van der Waals surface area contributed by atoms with Crippen molar-refractivity contribution >= 4 is 75.0 Å². The maximum Gasteiger partial charge on any atom is 0.313 e. The lowest BCUT2D eigenvalue weighted by Crippen LogP contribution is -2.74. The third-order valence-electron chi connectivity index (χ3n) is 8.55. The van der Waals surface area contributed by atoms with E-state index in [4.69, 9.17) is 10.6 Å². The van der Waals surface area contributed by atoms with Crippen molar-refractivity contribution < 1.29 is 24.3 Å². The lowest BCUT2D eigenvalue weighted by molar-refractivity contribution is -0.157. The summed E-state index contributed by atoms with van der Waals surface area (Å²) in [5, 5.41) is 26.0. The van der Waals surface area contributed by atoms with Crippen molar-refractivity contribution in [2.75, 3.05) is 23.8 Å². The summed E-state index contributed by atoms with van der Waals surface area (Å²) in [4.78, 5) is 52.4. The number of oxime groups is 1. The number of carbonyl (C=O) groups excluding carboxylic acids is 2. The molecule has 4 N–H and O–H groups in total. The van der Waals surface area contributed by atoms with Crippen molar-refractivity contribution in [2.24, 2.45) is 10.6 Å². The van der Waals surface area contributed by atoms with Crippen LogP contribution in [0.1, 0.15) is 27.5 Å². The van der Waals surface area contributed by atoms with E-state index >= 15 is 0 Å². The quantitative estimate of drug-likeness (QED) is 0.0541. The van der Waals surface area contributed by atoms with Gasteiger partial charge in [-0.15, -0.1) is 22.0 Å². The summed E-state index contributed by atoms with van der Waals surface area (Å²) in [7, 11) is 0. The van der Waals surface area contributed by atoms with Crippen molar-refractivity contribution in [1.29, 1.82) is 0 Å². The minimum absolute atomic E-state index is 0.00201. The molecule has 4 heterocycles. The number of nitrogens with two attached hydrogens (primary N) is 1. The van der Waals surface area contributed by atoms with Crippen LogP contribution in [0.15, 0.2) is 100 Å². The highest BCUT2D eigenvalue weighted by Gasteiger charge is 2.57. The zero-order chi connectivity index (χ0) is 35.6. The largest absolute Gasteiger partial charge is 0.481 e. The number of fused-ring (bicyclic) bond motifs is 1. The average Bonchev–Trinajstić information content (AvgIpc) is 3.79. The van der Waals surface area contributed by atoms with Gasteiger partial charge in [-0.05, 0) is 6.92 Å². The summed E-state index contributed by atoms with van der Waals surface area (Å²) >= 11 is 4.90. The Morgan fingerprint density at radius 3 is 2.16 bits per heavy atom. The van der Waals surface area contributed by atoms with Gasteiger partial charge < -0.3 is 25.9 Å². The van der Waals surface area contributed by atoms with Gasteiger partial charge in [0, 0.05) is 46.3 Å². The first-order valence-corrected chi connectivity index (χ1v) is 19.2. The highest BCUT2D eigenvalue weighted by molar-refractivity contribution is 8.01. The van der Waals surface area contributed by atoms with E-state index in [2.05, 4.69) is 30.0 Å². The number of anilines is 1. The Balaban J connectivity index is 1.17. The van der Waals surface area contributed by atoms with Crippen LogP contribution in [0.25, 0.3) is 0 Å². The lowest BCUT2D eigenvalue weighted by Gasteiger charge is -2.53. The number of carboxylic acid groups (broad SMARTS) is 1. The van der Waals surface area contributed by atoms with Crippen LogP contribution in [-0.2, 0) is 24.8 Å². The molecule has 5 aromatic rings. The number of nitrogen functional groups attached to an aromatic ring is 1. The predicted octanol–water partition coefficient (Wildman–Crippen LogP) is 4.26. The molecule has 0 radical (unpaired) electrons. The number of aryl methyl sites for hydroxylation is 1. The zero-order valence-corrected chi connectivity index (χ0v) is 30.2. The van der Waals surface area contributed by atoms with Crippen molar-refractivity contribution in [3.63, 3.8) is 0 Å². The van der Waals surface area contributed by atoms with E-state index in [1.165, 1.54) is 39.8 Å². The Morgan fingerprint density at radius 2 is 1.65 bits per heavy atom. The molecule has 2 fully saturated rings. The highest BCUT2D eigenvalue weighted by Crippen LogP contribution is 2.45. The second-order valence-electron chi connectivity index (χ2n) is 11.8. The Labute approximate surface area is 308 Å². The number of nitrogens with zero attached hydrogens (tertiary/aromatic N) is 6. The molecule has 260 valence electrons. The Kier molecular flexibility index (Phi) is 9.78. The van der Waals surface area contributed by atoms with Crippen LogP contribution >= 0.6 is 46.4 Å². The van der Waals surface area contributed by atoms with Crippen LogP contribution in [0, 0.1) is 12.3 Å². The smallest absolute Gasteiger partial charge is 0.313 e. The molecule has 0 saturated carbocycles. The fourth-order valence-electron chi connectivity index (χ4n) is 5.96. The van der Waals surface area contributed by atoms with Gasteiger partial charge in [0.05, 0.1) is 0 Å². The molecule has 2 aliphatic heterocycles. The molecule has 3 aromatic carbocycles. The van der Waals surface area contributed by atoms with E-state index in [0.717, 1.165) is 33.2 Å². The molecular weight excluding hydrogens is 729 g/mol. The average molecular weight is 759 g/mol. The molecule has 3 atom stereocenters. The highest BCUT2D eigenvalue weighted by atomic mass is 32.2. The predicted molar refractivity (Wildman–Crippen MR) is 196 cm³/mol. The van der Waals surface area contributed by atoms with Gasteiger partial charge in [0.25, 0.3) is 5.91 Å². The van der Waals surface area contributed by atoms with Crippen molar-refractivity contribution in [3.8, 4) is 0 Å². The molecule has 2 unspecified atom stereocenters. The summed E-state index contributed by atoms with van der Waals surface area (Å²) in [5.74, 6) is -1.76. The molecule has 7 rings (SSSR count). The first kappa shape index (κ1) is 34.6. The van der Waals surface area contributed by atoms with Crippen LogP contribution < -0.4 is 11.1 Å². The number of aliphatic carboxylic acids is 1. The van der Waals surface area contributed by atoms with E-state index in [0.29, 0.717) is 4.34 Å². The number of hydrogen-bond acceptors (Lipinski definition) is 14. The fraction of sp³-hybridized carbons (Fsp3) is 0.235. The number of amides is 2. The summed E-state index contributed by atoms with van der Waals surface area (Å²) in [6.45, 7) is 1.83. The van der Waals surface area contributed by atoms with Gasteiger partial charge in [-0.2, -0.15) is 9.36 Å². The minimum atomic E-state index is -1.30. The molecule has 51 heavy (non-hydrogen) atoms. The number of rotatable bonds is 12. The zero-order valence-electron chi connectivity index (χ0n) is 26.9. The number of benzene rings is 3. The van der Waals surface area contributed by atoms with E-state index in [9.17, 15) is 19.5 Å². The SMILES string of the molecule is Cc1nnc(SCC2(C(=O)O)CS[C@@H]3C(NC(=O)C(=NOC(c4ccccc4)(c4ccccc4)c4ccccc4)c4nsc(N)n4)C(=O)N3C2)s1. The van der Waals surface area contributed by atoms with Crippen molar-refractivity contribution in [3.05, 3.63) is 119 Å². The molecule has 0 aliphatic carbocycles. The summed E-state index contributed by atoms with van der Waals surface area (Å²) in [6.07, 6.45) is 0. The molecule has 17 heteroatoms. The topological polar surface area (TPSA) is 186 Å². The van der Waals surface area contributed by atoms with Crippen LogP contribution in [0.5, 0.6) is 0 Å². The van der Waals surface area contributed by atoms with Gasteiger partial charge in [-0.3, -0.25) is 14.4 Å². The second-order valence-corrected chi connectivity index (χ2v) is 16.1. The molecular formula is C34H30N8O5S4. The van der Waals surface area contributed by atoms with Crippen LogP contribution in [0.2, 0.25) is 0 Å².